The van der Waals surface area contributed by atoms with E-state index in [9.17, 15) is 8.42 Å². The van der Waals surface area contributed by atoms with Crippen molar-refractivity contribution in [3.05, 3.63) is 22.2 Å². The fourth-order valence-corrected chi connectivity index (χ4v) is 2.15. The smallest absolute Gasteiger partial charge is 0.296 e. The summed E-state index contributed by atoms with van der Waals surface area (Å²) in [5.41, 5.74) is 2.49. The average molecular weight is 257 g/mol. The molecule has 78 valence electrons. The van der Waals surface area contributed by atoms with Gasteiger partial charge in [-0.3, -0.25) is 10.4 Å². The van der Waals surface area contributed by atoms with Crippen LogP contribution in [0.1, 0.15) is 0 Å². The van der Waals surface area contributed by atoms with Gasteiger partial charge in [-0.05, 0) is 12.1 Å². The number of benzene rings is 1. The second kappa shape index (κ2) is 3.92. The highest BCUT2D eigenvalue weighted by Gasteiger charge is 2.16. The summed E-state index contributed by atoms with van der Waals surface area (Å²) in [6.45, 7) is 0. The molecule has 0 aliphatic carbocycles. The van der Waals surface area contributed by atoms with Gasteiger partial charge in [0.2, 0.25) is 0 Å². The number of nitrogen functional groups attached to an aromatic ring is 1. The van der Waals surface area contributed by atoms with Gasteiger partial charge in [-0.1, -0.05) is 23.2 Å². The summed E-state index contributed by atoms with van der Waals surface area (Å²) >= 11 is 11.2. The fourth-order valence-electron chi connectivity index (χ4n) is 0.837. The maximum absolute atomic E-state index is 10.8. The van der Waals surface area contributed by atoms with Gasteiger partial charge in [0, 0.05) is 0 Å². The topological polar surface area (TPSA) is 92.4 Å². The van der Waals surface area contributed by atoms with E-state index in [2.05, 4.69) is 5.43 Å². The number of nitrogens with one attached hydrogen (secondary N) is 1. The summed E-state index contributed by atoms with van der Waals surface area (Å²) in [6.07, 6.45) is 0. The summed E-state index contributed by atoms with van der Waals surface area (Å²) < 4.78 is 30.3. The predicted octanol–water partition coefficient (Wildman–Crippen LogP) is 1.53. The van der Waals surface area contributed by atoms with Crippen LogP contribution in [0.3, 0.4) is 0 Å². The first kappa shape index (κ1) is 11.5. The summed E-state index contributed by atoms with van der Waals surface area (Å²) in [4.78, 5) is -0.455. The molecule has 0 amide bonds. The van der Waals surface area contributed by atoms with Crippen LogP contribution >= 0.6 is 23.2 Å². The number of rotatable bonds is 2. The Bertz CT molecular complexity index is 460. The molecule has 0 fully saturated rings. The number of hydrogen-bond acceptors (Lipinski definition) is 4. The van der Waals surface area contributed by atoms with Gasteiger partial charge in [-0.15, -0.1) is 0 Å². The first-order valence-corrected chi connectivity index (χ1v) is 5.49. The molecule has 1 rings (SSSR count). The first-order chi connectivity index (χ1) is 6.36. The Labute approximate surface area is 90.5 Å². The van der Waals surface area contributed by atoms with Crippen LogP contribution in [-0.4, -0.2) is 13.0 Å². The van der Waals surface area contributed by atoms with E-state index in [1.54, 1.807) is 0 Å². The van der Waals surface area contributed by atoms with Gasteiger partial charge in [-0.25, -0.2) is 0 Å². The van der Waals surface area contributed by atoms with Crippen LogP contribution in [0.4, 0.5) is 5.69 Å². The average Bonchev–Trinajstić information content (AvgIpc) is 2.06. The molecular weight excluding hydrogens is 251 g/mol. The number of halogens is 2. The zero-order valence-electron chi connectivity index (χ0n) is 6.66. The molecule has 0 aliphatic rings. The third kappa shape index (κ3) is 2.28. The quantitative estimate of drug-likeness (QED) is 0.424. The Kier molecular flexibility index (Phi) is 3.23. The monoisotopic (exact) mass is 256 g/mol. The summed E-state index contributed by atoms with van der Waals surface area (Å²) in [5.74, 6) is 5.07. The van der Waals surface area contributed by atoms with Crippen LogP contribution in [-0.2, 0) is 10.1 Å². The van der Waals surface area contributed by atoms with Crippen molar-refractivity contribution in [3.63, 3.8) is 0 Å². The third-order valence-corrected chi connectivity index (χ3v) is 3.09. The van der Waals surface area contributed by atoms with E-state index in [-0.39, 0.29) is 15.7 Å². The van der Waals surface area contributed by atoms with Gasteiger partial charge >= 0.3 is 0 Å². The highest BCUT2D eigenvalue weighted by molar-refractivity contribution is 7.86. The van der Waals surface area contributed by atoms with Gasteiger partial charge in [0.15, 0.2) is 0 Å². The Balaban J connectivity index is 3.44. The van der Waals surface area contributed by atoms with Gasteiger partial charge in [0.05, 0.1) is 15.7 Å². The molecule has 0 radical (unpaired) electrons. The Morgan fingerprint density at radius 1 is 1.29 bits per heavy atom. The van der Waals surface area contributed by atoms with Crippen LogP contribution in [0.25, 0.3) is 0 Å². The Hall–Kier alpha value is -0.530. The molecule has 4 N–H and O–H groups in total. The standard InChI is InChI=1S/C6H6Cl2N2O3S/c7-3-2-6(14(11,12)13)4(8)1-5(3)10-9/h1-2,10H,9H2,(H,11,12,13). The van der Waals surface area contributed by atoms with E-state index in [4.69, 9.17) is 33.6 Å². The van der Waals surface area contributed by atoms with Crippen LogP contribution in [0, 0.1) is 0 Å². The van der Waals surface area contributed by atoms with E-state index in [0.717, 1.165) is 6.07 Å². The molecule has 0 aliphatic heterocycles. The molecule has 8 heteroatoms. The lowest BCUT2D eigenvalue weighted by atomic mass is 10.3. The highest BCUT2D eigenvalue weighted by Crippen LogP contribution is 2.31. The summed E-state index contributed by atoms with van der Waals surface area (Å²) in [6, 6.07) is 2.21. The van der Waals surface area contributed by atoms with Gasteiger partial charge in [0.25, 0.3) is 10.1 Å². The molecule has 0 spiro atoms. The van der Waals surface area contributed by atoms with Crippen molar-refractivity contribution >= 4 is 39.0 Å². The van der Waals surface area contributed by atoms with Crippen LogP contribution in [0.2, 0.25) is 10.0 Å². The molecule has 1 aromatic carbocycles. The molecule has 0 bridgehead atoms. The molecule has 0 aromatic heterocycles. The minimum atomic E-state index is -4.37. The van der Waals surface area contributed by atoms with Crippen LogP contribution in [0.5, 0.6) is 0 Å². The van der Waals surface area contributed by atoms with Gasteiger partial charge in [-0.2, -0.15) is 8.42 Å². The summed E-state index contributed by atoms with van der Waals surface area (Å²) in [5, 5.41) is -0.116. The first-order valence-electron chi connectivity index (χ1n) is 3.29. The normalized spacial score (nSPS) is 11.4. The molecule has 0 saturated heterocycles. The molecule has 0 heterocycles. The zero-order chi connectivity index (χ0) is 10.9. The second-order valence-corrected chi connectivity index (χ2v) is 4.59. The largest absolute Gasteiger partial charge is 0.323 e. The highest BCUT2D eigenvalue weighted by atomic mass is 35.5. The number of nitrogens with two attached hydrogens (primary N) is 1. The van der Waals surface area contributed by atoms with E-state index in [1.165, 1.54) is 6.07 Å². The Morgan fingerprint density at radius 3 is 2.29 bits per heavy atom. The second-order valence-electron chi connectivity index (χ2n) is 2.38. The predicted molar refractivity (Wildman–Crippen MR) is 54.1 cm³/mol. The lowest BCUT2D eigenvalue weighted by Crippen LogP contribution is -2.08. The van der Waals surface area contributed by atoms with Crippen molar-refractivity contribution in [2.45, 2.75) is 4.90 Å². The van der Waals surface area contributed by atoms with Crippen LogP contribution in [0.15, 0.2) is 17.0 Å². The number of anilines is 1. The SMILES string of the molecule is NNc1cc(Cl)c(S(=O)(=O)O)cc1Cl. The van der Waals surface area contributed by atoms with Crippen molar-refractivity contribution in [2.75, 3.05) is 5.43 Å². The Morgan fingerprint density at radius 2 is 1.86 bits per heavy atom. The van der Waals surface area contributed by atoms with Crippen molar-refractivity contribution in [3.8, 4) is 0 Å². The molecule has 0 atom stereocenters. The lowest BCUT2D eigenvalue weighted by Gasteiger charge is -2.06. The van der Waals surface area contributed by atoms with E-state index < -0.39 is 15.0 Å². The zero-order valence-corrected chi connectivity index (χ0v) is 8.99. The minimum Gasteiger partial charge on any atom is -0.323 e. The van der Waals surface area contributed by atoms with Crippen molar-refractivity contribution in [2.24, 2.45) is 5.84 Å². The third-order valence-electron chi connectivity index (χ3n) is 1.45. The maximum atomic E-state index is 10.8. The minimum absolute atomic E-state index is 0.0459. The molecule has 1 aromatic rings. The number of hydrogen-bond donors (Lipinski definition) is 3. The van der Waals surface area contributed by atoms with Crippen molar-refractivity contribution in [1.82, 2.24) is 0 Å². The molecule has 0 unspecified atom stereocenters. The van der Waals surface area contributed by atoms with Crippen molar-refractivity contribution in [1.29, 1.82) is 0 Å². The van der Waals surface area contributed by atoms with E-state index in [1.807, 2.05) is 0 Å². The van der Waals surface area contributed by atoms with Gasteiger partial charge in [0.1, 0.15) is 4.90 Å². The van der Waals surface area contributed by atoms with Crippen LogP contribution < -0.4 is 11.3 Å². The molecule has 0 saturated carbocycles. The summed E-state index contributed by atoms with van der Waals surface area (Å²) in [7, 11) is -4.37. The fraction of sp³-hybridized carbons (Fsp3) is 0. The van der Waals surface area contributed by atoms with Crippen molar-refractivity contribution < 1.29 is 13.0 Å². The lowest BCUT2D eigenvalue weighted by molar-refractivity contribution is 0.483. The van der Waals surface area contributed by atoms with E-state index >= 15 is 0 Å². The maximum Gasteiger partial charge on any atom is 0.296 e. The number of hydrazine groups is 1. The molecular formula is C6H6Cl2N2O3S. The van der Waals surface area contributed by atoms with E-state index in [0.29, 0.717) is 0 Å². The molecule has 5 nitrogen and oxygen atoms in total. The molecule has 14 heavy (non-hydrogen) atoms. The van der Waals surface area contributed by atoms with Gasteiger partial charge < -0.3 is 5.43 Å².